The average molecular weight is 236 g/mol. The minimum atomic E-state index is -0.150. The lowest BCUT2D eigenvalue weighted by Gasteiger charge is -2.34. The van der Waals surface area contributed by atoms with E-state index in [4.69, 9.17) is 0 Å². The first-order valence-electron chi connectivity index (χ1n) is 6.20. The van der Waals surface area contributed by atoms with Crippen molar-refractivity contribution < 1.29 is 9.90 Å². The van der Waals surface area contributed by atoms with E-state index in [9.17, 15) is 9.90 Å². The molecule has 0 spiro atoms. The Hall–Kier alpha value is -1.29. The highest BCUT2D eigenvalue weighted by Crippen LogP contribution is 2.27. The van der Waals surface area contributed by atoms with Crippen molar-refractivity contribution in [2.75, 3.05) is 13.6 Å². The molecule has 0 aromatic carbocycles. The van der Waals surface area contributed by atoms with Crippen LogP contribution in [0.15, 0.2) is 18.3 Å². The summed E-state index contributed by atoms with van der Waals surface area (Å²) in [6.07, 6.45) is 3.43. The summed E-state index contributed by atoms with van der Waals surface area (Å²) in [5.74, 6) is 0.530. The number of hydrogen-bond acceptors (Lipinski definition) is 2. The minimum absolute atomic E-state index is 0.0678. The number of rotatable bonds is 4. The topological polar surface area (TPSA) is 45.5 Å². The molecule has 1 heterocycles. The number of amides is 1. The van der Waals surface area contributed by atoms with Crippen LogP contribution < -0.4 is 0 Å². The Morgan fingerprint density at radius 1 is 1.59 bits per heavy atom. The third-order valence-electron chi connectivity index (χ3n) is 3.48. The number of aryl methyl sites for hydroxylation is 1. The van der Waals surface area contributed by atoms with Crippen LogP contribution in [0.5, 0.6) is 0 Å². The van der Waals surface area contributed by atoms with Gasteiger partial charge in [0, 0.05) is 26.3 Å². The zero-order chi connectivity index (χ0) is 12.4. The standard InChI is InChI=1S/C13H20N2O2/c1-3-15-6-4-5-12(15)13(17)14(2)9-10-7-11(16)8-10/h4-6,10-11,16H,3,7-9H2,1-2H3. The minimum Gasteiger partial charge on any atom is -0.393 e. The monoisotopic (exact) mass is 236 g/mol. The van der Waals surface area contributed by atoms with Gasteiger partial charge in [0.05, 0.1) is 6.10 Å². The molecule has 1 saturated carbocycles. The van der Waals surface area contributed by atoms with E-state index in [1.807, 2.05) is 36.9 Å². The van der Waals surface area contributed by atoms with Gasteiger partial charge in [-0.1, -0.05) is 0 Å². The molecule has 17 heavy (non-hydrogen) atoms. The lowest BCUT2D eigenvalue weighted by atomic mass is 9.82. The number of carbonyl (C=O) groups excluding carboxylic acids is 1. The first-order chi connectivity index (χ1) is 8.11. The lowest BCUT2D eigenvalue weighted by Crippen LogP contribution is -2.40. The van der Waals surface area contributed by atoms with Crippen LogP contribution in [0.3, 0.4) is 0 Å². The summed E-state index contributed by atoms with van der Waals surface area (Å²) in [4.78, 5) is 13.9. The van der Waals surface area contributed by atoms with E-state index in [-0.39, 0.29) is 12.0 Å². The molecule has 4 heteroatoms. The molecule has 1 aromatic heterocycles. The highest BCUT2D eigenvalue weighted by Gasteiger charge is 2.29. The van der Waals surface area contributed by atoms with Gasteiger partial charge in [-0.3, -0.25) is 4.79 Å². The predicted octanol–water partition coefficient (Wildman–Crippen LogP) is 1.35. The molecule has 0 aliphatic heterocycles. The number of nitrogens with zero attached hydrogens (tertiary/aromatic N) is 2. The maximum absolute atomic E-state index is 12.2. The lowest BCUT2D eigenvalue weighted by molar-refractivity contribution is 0.0263. The second-order valence-electron chi connectivity index (χ2n) is 4.86. The summed E-state index contributed by atoms with van der Waals surface area (Å²) in [6, 6.07) is 3.76. The highest BCUT2D eigenvalue weighted by atomic mass is 16.3. The van der Waals surface area contributed by atoms with E-state index in [1.165, 1.54) is 0 Å². The van der Waals surface area contributed by atoms with Crippen LogP contribution in [-0.4, -0.2) is 40.2 Å². The number of aliphatic hydroxyl groups is 1. The van der Waals surface area contributed by atoms with Gasteiger partial charge in [0.2, 0.25) is 0 Å². The van der Waals surface area contributed by atoms with Crippen molar-refractivity contribution in [3.63, 3.8) is 0 Å². The van der Waals surface area contributed by atoms with Crippen molar-refractivity contribution >= 4 is 5.91 Å². The Bertz CT molecular complexity index is 394. The number of aromatic nitrogens is 1. The largest absolute Gasteiger partial charge is 0.393 e. The maximum Gasteiger partial charge on any atom is 0.270 e. The molecule has 1 aliphatic rings. The Morgan fingerprint density at radius 2 is 2.29 bits per heavy atom. The fourth-order valence-electron chi connectivity index (χ4n) is 2.40. The van der Waals surface area contributed by atoms with Gasteiger partial charge in [0.1, 0.15) is 5.69 Å². The fourth-order valence-corrected chi connectivity index (χ4v) is 2.40. The summed E-state index contributed by atoms with van der Waals surface area (Å²) in [5, 5.41) is 9.23. The SMILES string of the molecule is CCn1cccc1C(=O)N(C)CC1CC(O)C1. The Kier molecular flexibility index (Phi) is 3.52. The van der Waals surface area contributed by atoms with E-state index < -0.39 is 0 Å². The molecule has 2 rings (SSSR count). The molecular formula is C13H20N2O2. The Balaban J connectivity index is 1.95. The molecule has 0 radical (unpaired) electrons. The van der Waals surface area contributed by atoms with E-state index in [0.717, 1.165) is 31.6 Å². The van der Waals surface area contributed by atoms with Crippen LogP contribution in [-0.2, 0) is 6.54 Å². The van der Waals surface area contributed by atoms with E-state index in [2.05, 4.69) is 0 Å². The summed E-state index contributed by atoms with van der Waals surface area (Å²) >= 11 is 0. The van der Waals surface area contributed by atoms with Crippen LogP contribution in [0.2, 0.25) is 0 Å². The van der Waals surface area contributed by atoms with E-state index in [0.29, 0.717) is 5.92 Å². The highest BCUT2D eigenvalue weighted by molar-refractivity contribution is 5.92. The van der Waals surface area contributed by atoms with Gasteiger partial charge in [-0.05, 0) is 37.8 Å². The van der Waals surface area contributed by atoms with Gasteiger partial charge in [0.15, 0.2) is 0 Å². The fraction of sp³-hybridized carbons (Fsp3) is 0.615. The Labute approximate surface area is 102 Å². The van der Waals surface area contributed by atoms with Gasteiger partial charge in [-0.25, -0.2) is 0 Å². The normalized spacial score (nSPS) is 23.2. The molecule has 1 amide bonds. The molecule has 1 aliphatic carbocycles. The molecule has 1 N–H and O–H groups in total. The van der Waals surface area contributed by atoms with Gasteiger partial charge in [-0.2, -0.15) is 0 Å². The molecule has 0 unspecified atom stereocenters. The third kappa shape index (κ3) is 2.52. The summed E-state index contributed by atoms with van der Waals surface area (Å²) in [5.41, 5.74) is 0.745. The van der Waals surface area contributed by atoms with E-state index >= 15 is 0 Å². The molecule has 4 nitrogen and oxygen atoms in total. The van der Waals surface area contributed by atoms with Crippen LogP contribution in [0.4, 0.5) is 0 Å². The van der Waals surface area contributed by atoms with Gasteiger partial charge in [0.25, 0.3) is 5.91 Å². The maximum atomic E-state index is 12.2. The summed E-state index contributed by atoms with van der Waals surface area (Å²) < 4.78 is 1.95. The predicted molar refractivity (Wildman–Crippen MR) is 65.8 cm³/mol. The number of aliphatic hydroxyl groups excluding tert-OH is 1. The van der Waals surface area contributed by atoms with Crippen molar-refractivity contribution in [3.05, 3.63) is 24.0 Å². The third-order valence-corrected chi connectivity index (χ3v) is 3.48. The second kappa shape index (κ2) is 4.92. The van der Waals surface area contributed by atoms with Crippen molar-refractivity contribution in [2.24, 2.45) is 5.92 Å². The molecule has 94 valence electrons. The zero-order valence-corrected chi connectivity index (χ0v) is 10.5. The Morgan fingerprint density at radius 3 is 2.88 bits per heavy atom. The van der Waals surface area contributed by atoms with Crippen molar-refractivity contribution in [2.45, 2.75) is 32.4 Å². The molecule has 0 bridgehead atoms. The van der Waals surface area contributed by atoms with E-state index in [1.54, 1.807) is 4.90 Å². The van der Waals surface area contributed by atoms with Gasteiger partial charge < -0.3 is 14.6 Å². The van der Waals surface area contributed by atoms with Crippen molar-refractivity contribution in [3.8, 4) is 0 Å². The average Bonchev–Trinajstić information content (AvgIpc) is 2.73. The molecule has 1 aromatic rings. The molecule has 0 saturated heterocycles. The van der Waals surface area contributed by atoms with Crippen LogP contribution in [0.25, 0.3) is 0 Å². The second-order valence-corrected chi connectivity index (χ2v) is 4.86. The zero-order valence-electron chi connectivity index (χ0n) is 10.5. The van der Waals surface area contributed by atoms with Gasteiger partial charge in [-0.15, -0.1) is 0 Å². The van der Waals surface area contributed by atoms with Crippen LogP contribution >= 0.6 is 0 Å². The number of carbonyl (C=O) groups is 1. The van der Waals surface area contributed by atoms with Gasteiger partial charge >= 0.3 is 0 Å². The molecule has 0 atom stereocenters. The number of hydrogen-bond donors (Lipinski definition) is 1. The van der Waals surface area contributed by atoms with Crippen LogP contribution in [0, 0.1) is 5.92 Å². The summed E-state index contributed by atoms with van der Waals surface area (Å²) in [6.45, 7) is 3.58. The van der Waals surface area contributed by atoms with Crippen molar-refractivity contribution in [1.82, 2.24) is 9.47 Å². The summed E-state index contributed by atoms with van der Waals surface area (Å²) in [7, 11) is 1.83. The van der Waals surface area contributed by atoms with Crippen LogP contribution in [0.1, 0.15) is 30.3 Å². The quantitative estimate of drug-likeness (QED) is 0.857. The smallest absolute Gasteiger partial charge is 0.270 e. The van der Waals surface area contributed by atoms with Crippen molar-refractivity contribution in [1.29, 1.82) is 0 Å². The first-order valence-corrected chi connectivity index (χ1v) is 6.20. The molecule has 1 fully saturated rings. The first kappa shape index (κ1) is 12.2. The molecular weight excluding hydrogens is 216 g/mol.